The van der Waals surface area contributed by atoms with Gasteiger partial charge in [-0.05, 0) is 58.1 Å². The molecular weight excluding hydrogens is 312 g/mol. The van der Waals surface area contributed by atoms with Crippen LogP contribution in [0.5, 0.6) is 0 Å². The summed E-state index contributed by atoms with van der Waals surface area (Å²) >= 11 is 0. The first-order valence-electron chi connectivity index (χ1n) is 8.03. The second-order valence-electron chi connectivity index (χ2n) is 7.12. The maximum atomic E-state index is 12.4. The van der Waals surface area contributed by atoms with Gasteiger partial charge in [0.05, 0.1) is 10.8 Å². The van der Waals surface area contributed by atoms with E-state index in [0.717, 1.165) is 18.4 Å². The van der Waals surface area contributed by atoms with Crippen LogP contribution in [0.4, 0.5) is 4.79 Å². The quantitative estimate of drug-likeness (QED) is 0.849. The van der Waals surface area contributed by atoms with Crippen molar-refractivity contribution in [3.63, 3.8) is 0 Å². The van der Waals surface area contributed by atoms with Gasteiger partial charge in [-0.15, -0.1) is 0 Å². The molecule has 5 nitrogen and oxygen atoms in total. The molecule has 2 rings (SSSR count). The molecule has 128 valence electrons. The van der Waals surface area contributed by atoms with Gasteiger partial charge in [-0.25, -0.2) is 9.78 Å². The van der Waals surface area contributed by atoms with Crippen LogP contribution in [0.15, 0.2) is 23.4 Å². The molecule has 1 amide bonds. The van der Waals surface area contributed by atoms with Gasteiger partial charge in [0, 0.05) is 25.0 Å². The van der Waals surface area contributed by atoms with Gasteiger partial charge in [-0.1, -0.05) is 6.07 Å². The van der Waals surface area contributed by atoms with Crippen molar-refractivity contribution in [2.45, 2.75) is 51.2 Å². The Labute approximate surface area is 140 Å². The van der Waals surface area contributed by atoms with Crippen molar-refractivity contribution < 1.29 is 13.7 Å². The number of likely N-dealkylation sites (tertiary alicyclic amines) is 1. The van der Waals surface area contributed by atoms with E-state index in [1.807, 2.05) is 39.8 Å². The van der Waals surface area contributed by atoms with Crippen molar-refractivity contribution in [3.05, 3.63) is 23.9 Å². The van der Waals surface area contributed by atoms with Crippen molar-refractivity contribution >= 4 is 16.9 Å². The van der Waals surface area contributed by atoms with Crippen molar-refractivity contribution in [3.8, 4) is 0 Å². The lowest BCUT2D eigenvalue weighted by Crippen LogP contribution is -2.44. The highest BCUT2D eigenvalue weighted by Crippen LogP contribution is 2.21. The second-order valence-corrected chi connectivity index (χ2v) is 8.56. The number of aryl methyl sites for hydroxylation is 1. The van der Waals surface area contributed by atoms with E-state index in [9.17, 15) is 9.00 Å². The Morgan fingerprint density at radius 2 is 2.17 bits per heavy atom. The van der Waals surface area contributed by atoms with Gasteiger partial charge in [0.1, 0.15) is 10.6 Å². The predicted molar refractivity (Wildman–Crippen MR) is 90.8 cm³/mol. The Balaban J connectivity index is 1.92. The minimum atomic E-state index is -1.13. The monoisotopic (exact) mass is 338 g/mol. The maximum Gasteiger partial charge on any atom is 0.410 e. The fraction of sp³-hybridized carbons (Fsp3) is 0.647. The van der Waals surface area contributed by atoms with Gasteiger partial charge in [-0.2, -0.15) is 0 Å². The molecule has 1 fully saturated rings. The predicted octanol–water partition coefficient (Wildman–Crippen LogP) is 3.14. The number of hydrogen-bond donors (Lipinski definition) is 0. The summed E-state index contributed by atoms with van der Waals surface area (Å²) in [7, 11) is -1.13. The highest BCUT2D eigenvalue weighted by Gasteiger charge is 2.28. The van der Waals surface area contributed by atoms with Gasteiger partial charge < -0.3 is 9.64 Å². The molecule has 1 aliphatic rings. The first kappa shape index (κ1) is 17.9. The molecule has 0 bridgehead atoms. The molecule has 1 aliphatic heterocycles. The molecule has 2 heterocycles. The lowest BCUT2D eigenvalue weighted by Gasteiger charge is -2.33. The summed E-state index contributed by atoms with van der Waals surface area (Å²) in [5, 5.41) is 0.616. The summed E-state index contributed by atoms with van der Waals surface area (Å²) in [6.07, 6.45) is 3.36. The molecule has 0 radical (unpaired) electrons. The normalized spacial score (nSPS) is 20.2. The Hall–Kier alpha value is -1.43. The Bertz CT molecular complexity index is 566. The minimum absolute atomic E-state index is 0.222. The number of piperidine rings is 1. The fourth-order valence-electron chi connectivity index (χ4n) is 2.58. The molecule has 23 heavy (non-hydrogen) atoms. The van der Waals surface area contributed by atoms with Gasteiger partial charge in [0.2, 0.25) is 0 Å². The highest BCUT2D eigenvalue weighted by molar-refractivity contribution is 7.84. The molecule has 0 saturated carbocycles. The Kier molecular flexibility index (Phi) is 5.79. The van der Waals surface area contributed by atoms with Crippen LogP contribution < -0.4 is 0 Å². The van der Waals surface area contributed by atoms with E-state index in [0.29, 0.717) is 23.9 Å². The number of nitrogens with zero attached hydrogens (tertiary/aromatic N) is 2. The summed E-state index contributed by atoms with van der Waals surface area (Å²) in [5.74, 6) is 0.759. The summed E-state index contributed by atoms with van der Waals surface area (Å²) < 4.78 is 17.9. The topological polar surface area (TPSA) is 59.5 Å². The number of rotatable bonds is 3. The maximum absolute atomic E-state index is 12.4. The summed E-state index contributed by atoms with van der Waals surface area (Å²) in [6, 6.07) is 3.74. The molecule has 1 saturated heterocycles. The van der Waals surface area contributed by atoms with Gasteiger partial charge >= 0.3 is 6.09 Å². The van der Waals surface area contributed by atoms with E-state index in [2.05, 4.69) is 4.98 Å². The van der Waals surface area contributed by atoms with Crippen LogP contribution in [0, 0.1) is 12.8 Å². The van der Waals surface area contributed by atoms with Crippen molar-refractivity contribution in [2.24, 2.45) is 5.92 Å². The van der Waals surface area contributed by atoms with Crippen LogP contribution in [0.1, 0.15) is 39.2 Å². The van der Waals surface area contributed by atoms with E-state index in [1.165, 1.54) is 0 Å². The molecule has 6 heteroatoms. The molecule has 0 spiro atoms. The zero-order valence-corrected chi connectivity index (χ0v) is 15.2. The standard InChI is InChI=1S/C17H26N2O3S/c1-13-7-8-15(18-10-13)23(21)12-14-6-5-9-19(11-14)16(20)22-17(2,3)4/h7-8,10,14H,5-6,9,11-12H2,1-4H3/t14-,23+/m0/s1. The average Bonchev–Trinajstić information content (AvgIpc) is 2.46. The number of ether oxygens (including phenoxy) is 1. The summed E-state index contributed by atoms with van der Waals surface area (Å²) in [6.45, 7) is 8.87. The lowest BCUT2D eigenvalue weighted by molar-refractivity contribution is 0.0176. The smallest absolute Gasteiger partial charge is 0.410 e. The van der Waals surface area contributed by atoms with Crippen molar-refractivity contribution in [1.82, 2.24) is 9.88 Å². The van der Waals surface area contributed by atoms with Crippen LogP contribution in [-0.2, 0) is 15.5 Å². The van der Waals surface area contributed by atoms with Gasteiger partial charge in [0.25, 0.3) is 0 Å². The molecule has 0 unspecified atom stereocenters. The van der Waals surface area contributed by atoms with E-state index in [-0.39, 0.29) is 12.0 Å². The fourth-order valence-corrected chi connectivity index (χ4v) is 3.84. The second kappa shape index (κ2) is 7.43. The van der Waals surface area contributed by atoms with Crippen molar-refractivity contribution in [1.29, 1.82) is 0 Å². The number of carbonyl (C=O) groups is 1. The molecule has 2 atom stereocenters. The van der Waals surface area contributed by atoms with E-state index < -0.39 is 16.4 Å². The Morgan fingerprint density at radius 3 is 2.78 bits per heavy atom. The number of pyridine rings is 1. The molecule has 0 aromatic carbocycles. The van der Waals surface area contributed by atoms with Crippen LogP contribution in [0.2, 0.25) is 0 Å². The van der Waals surface area contributed by atoms with E-state index in [1.54, 1.807) is 11.1 Å². The summed E-state index contributed by atoms with van der Waals surface area (Å²) in [4.78, 5) is 18.1. The number of aromatic nitrogens is 1. The van der Waals surface area contributed by atoms with Crippen LogP contribution in [0.25, 0.3) is 0 Å². The first-order valence-corrected chi connectivity index (χ1v) is 9.35. The molecular formula is C17H26N2O3S. The van der Waals surface area contributed by atoms with E-state index >= 15 is 0 Å². The van der Waals surface area contributed by atoms with Gasteiger partial charge in [0.15, 0.2) is 0 Å². The van der Waals surface area contributed by atoms with Crippen LogP contribution >= 0.6 is 0 Å². The molecule has 1 aromatic heterocycles. The third-order valence-corrected chi connectivity index (χ3v) is 5.16. The molecule has 0 N–H and O–H groups in total. The number of hydrogen-bond acceptors (Lipinski definition) is 4. The number of carbonyl (C=O) groups excluding carboxylic acids is 1. The minimum Gasteiger partial charge on any atom is -0.444 e. The van der Waals surface area contributed by atoms with Crippen molar-refractivity contribution in [2.75, 3.05) is 18.8 Å². The van der Waals surface area contributed by atoms with Gasteiger partial charge in [-0.3, -0.25) is 4.21 Å². The van der Waals surface area contributed by atoms with E-state index in [4.69, 9.17) is 4.74 Å². The third kappa shape index (κ3) is 5.61. The zero-order valence-electron chi connectivity index (χ0n) is 14.4. The Morgan fingerprint density at radius 1 is 1.43 bits per heavy atom. The SMILES string of the molecule is Cc1ccc([S@](=O)C[C@H]2CCCN(C(=O)OC(C)(C)C)C2)nc1. The third-order valence-electron chi connectivity index (χ3n) is 3.68. The van der Waals surface area contributed by atoms with Crippen LogP contribution in [-0.4, -0.2) is 44.6 Å². The summed E-state index contributed by atoms with van der Waals surface area (Å²) in [5.41, 5.74) is 0.568. The largest absolute Gasteiger partial charge is 0.444 e. The molecule has 1 aromatic rings. The van der Waals surface area contributed by atoms with Crippen LogP contribution in [0.3, 0.4) is 0 Å². The zero-order chi connectivity index (χ0) is 17.0. The highest BCUT2D eigenvalue weighted by atomic mass is 32.2. The lowest BCUT2D eigenvalue weighted by atomic mass is 10.0. The molecule has 0 aliphatic carbocycles. The first-order chi connectivity index (χ1) is 10.7. The number of amides is 1. The average molecular weight is 338 g/mol.